The van der Waals surface area contributed by atoms with Crippen molar-refractivity contribution in [2.75, 3.05) is 26.8 Å². The van der Waals surface area contributed by atoms with Crippen molar-refractivity contribution in [3.05, 3.63) is 0 Å². The Morgan fingerprint density at radius 2 is 2.07 bits per heavy atom. The first-order valence-electron chi connectivity index (χ1n) is 6.33. The molecule has 0 aromatic carbocycles. The first-order chi connectivity index (χ1) is 7.35. The van der Waals surface area contributed by atoms with Gasteiger partial charge in [-0.3, -0.25) is 4.90 Å². The van der Waals surface area contributed by atoms with Gasteiger partial charge >= 0.3 is 0 Å². The molecule has 2 saturated carbocycles. The van der Waals surface area contributed by atoms with Crippen LogP contribution in [-0.2, 0) is 4.74 Å². The Kier molecular flexibility index (Phi) is 4.00. The van der Waals surface area contributed by atoms with Crippen LogP contribution in [0.2, 0.25) is 0 Å². The van der Waals surface area contributed by atoms with Crippen molar-refractivity contribution in [2.45, 2.75) is 50.7 Å². The number of hydrogen-bond acceptors (Lipinski definition) is 3. The van der Waals surface area contributed by atoms with Gasteiger partial charge in [0, 0.05) is 31.8 Å². The SMILES string of the molecule is CCN(C1CC1)C(CNC1CC1)COC. The monoisotopic (exact) mass is 212 g/mol. The molecule has 0 bridgehead atoms. The zero-order valence-electron chi connectivity index (χ0n) is 10.0. The molecule has 0 aromatic rings. The molecule has 2 rings (SSSR count). The van der Waals surface area contributed by atoms with Crippen LogP contribution in [0.15, 0.2) is 0 Å². The molecule has 0 aliphatic heterocycles. The van der Waals surface area contributed by atoms with E-state index in [1.807, 2.05) is 7.11 Å². The van der Waals surface area contributed by atoms with Crippen LogP contribution in [0.3, 0.4) is 0 Å². The number of likely N-dealkylation sites (N-methyl/N-ethyl adjacent to an activating group) is 1. The Balaban J connectivity index is 1.78. The van der Waals surface area contributed by atoms with E-state index in [9.17, 15) is 0 Å². The van der Waals surface area contributed by atoms with E-state index in [-0.39, 0.29) is 0 Å². The summed E-state index contributed by atoms with van der Waals surface area (Å²) in [5, 5.41) is 3.62. The molecule has 0 heterocycles. The minimum absolute atomic E-state index is 0.577. The predicted octanol–water partition coefficient (Wildman–Crippen LogP) is 1.24. The Morgan fingerprint density at radius 1 is 1.33 bits per heavy atom. The molecule has 0 spiro atoms. The Bertz CT molecular complexity index is 190. The largest absolute Gasteiger partial charge is 0.383 e. The minimum Gasteiger partial charge on any atom is -0.383 e. The number of nitrogens with zero attached hydrogens (tertiary/aromatic N) is 1. The average molecular weight is 212 g/mol. The molecule has 0 amide bonds. The summed E-state index contributed by atoms with van der Waals surface area (Å²) in [7, 11) is 1.81. The van der Waals surface area contributed by atoms with Gasteiger partial charge in [-0.05, 0) is 32.2 Å². The van der Waals surface area contributed by atoms with Crippen LogP contribution in [0.1, 0.15) is 32.6 Å². The lowest BCUT2D eigenvalue weighted by atomic mass is 10.2. The van der Waals surface area contributed by atoms with Gasteiger partial charge in [0.05, 0.1) is 6.61 Å². The van der Waals surface area contributed by atoms with Crippen LogP contribution in [-0.4, -0.2) is 49.8 Å². The lowest BCUT2D eigenvalue weighted by molar-refractivity contribution is 0.0872. The van der Waals surface area contributed by atoms with Crippen molar-refractivity contribution in [3.8, 4) is 0 Å². The van der Waals surface area contributed by atoms with Gasteiger partial charge in [0.15, 0.2) is 0 Å². The molecule has 1 N–H and O–H groups in total. The van der Waals surface area contributed by atoms with Gasteiger partial charge < -0.3 is 10.1 Å². The number of nitrogens with one attached hydrogen (secondary N) is 1. The zero-order valence-corrected chi connectivity index (χ0v) is 10.0. The molecule has 2 fully saturated rings. The predicted molar refractivity (Wildman–Crippen MR) is 62.1 cm³/mol. The fourth-order valence-electron chi connectivity index (χ4n) is 2.28. The van der Waals surface area contributed by atoms with Crippen molar-refractivity contribution >= 4 is 0 Å². The smallest absolute Gasteiger partial charge is 0.0630 e. The Morgan fingerprint density at radius 3 is 2.53 bits per heavy atom. The minimum atomic E-state index is 0.577. The van der Waals surface area contributed by atoms with E-state index in [4.69, 9.17) is 4.74 Å². The quantitative estimate of drug-likeness (QED) is 0.655. The molecular weight excluding hydrogens is 188 g/mol. The lowest BCUT2D eigenvalue weighted by Crippen LogP contribution is -2.46. The molecule has 1 unspecified atom stereocenters. The van der Waals surface area contributed by atoms with E-state index < -0.39 is 0 Å². The summed E-state index contributed by atoms with van der Waals surface area (Å²) >= 11 is 0. The molecule has 3 nitrogen and oxygen atoms in total. The highest BCUT2D eigenvalue weighted by atomic mass is 16.5. The van der Waals surface area contributed by atoms with Gasteiger partial charge in [-0.2, -0.15) is 0 Å². The zero-order chi connectivity index (χ0) is 10.7. The highest BCUT2D eigenvalue weighted by molar-refractivity contribution is 4.90. The van der Waals surface area contributed by atoms with E-state index >= 15 is 0 Å². The van der Waals surface area contributed by atoms with Crippen molar-refractivity contribution in [1.82, 2.24) is 10.2 Å². The Labute approximate surface area is 93.2 Å². The molecule has 3 heteroatoms. The van der Waals surface area contributed by atoms with E-state index in [0.29, 0.717) is 6.04 Å². The molecule has 2 aliphatic carbocycles. The van der Waals surface area contributed by atoms with Gasteiger partial charge in [-0.15, -0.1) is 0 Å². The number of methoxy groups -OCH3 is 1. The van der Waals surface area contributed by atoms with Crippen molar-refractivity contribution in [3.63, 3.8) is 0 Å². The number of ether oxygens (including phenoxy) is 1. The maximum Gasteiger partial charge on any atom is 0.0630 e. The maximum atomic E-state index is 5.34. The van der Waals surface area contributed by atoms with Crippen LogP contribution in [0.5, 0.6) is 0 Å². The van der Waals surface area contributed by atoms with Crippen LogP contribution in [0, 0.1) is 0 Å². The summed E-state index contributed by atoms with van der Waals surface area (Å²) in [6, 6.07) is 2.23. The van der Waals surface area contributed by atoms with E-state index in [2.05, 4.69) is 17.1 Å². The summed E-state index contributed by atoms with van der Waals surface area (Å²) in [4.78, 5) is 2.61. The molecule has 0 radical (unpaired) electrons. The van der Waals surface area contributed by atoms with Crippen LogP contribution in [0.25, 0.3) is 0 Å². The van der Waals surface area contributed by atoms with Gasteiger partial charge in [0.1, 0.15) is 0 Å². The van der Waals surface area contributed by atoms with Crippen molar-refractivity contribution in [2.24, 2.45) is 0 Å². The first-order valence-corrected chi connectivity index (χ1v) is 6.33. The fourth-order valence-corrected chi connectivity index (χ4v) is 2.28. The van der Waals surface area contributed by atoms with E-state index in [0.717, 1.165) is 31.8 Å². The van der Waals surface area contributed by atoms with Crippen LogP contribution in [0.4, 0.5) is 0 Å². The van der Waals surface area contributed by atoms with Gasteiger partial charge in [0.25, 0.3) is 0 Å². The molecular formula is C12H24N2O. The third-order valence-electron chi connectivity index (χ3n) is 3.43. The standard InChI is InChI=1S/C12H24N2O/c1-3-14(11-6-7-11)12(9-15-2)8-13-10-4-5-10/h10-13H,3-9H2,1-2H3. The van der Waals surface area contributed by atoms with Crippen molar-refractivity contribution < 1.29 is 4.74 Å². The topological polar surface area (TPSA) is 24.5 Å². The second-order valence-corrected chi connectivity index (χ2v) is 4.85. The molecule has 1 atom stereocenters. The second kappa shape index (κ2) is 5.28. The third-order valence-corrected chi connectivity index (χ3v) is 3.43. The van der Waals surface area contributed by atoms with Crippen LogP contribution < -0.4 is 5.32 Å². The number of rotatable bonds is 8. The number of hydrogen-bond donors (Lipinski definition) is 1. The van der Waals surface area contributed by atoms with Gasteiger partial charge in [0.2, 0.25) is 0 Å². The third kappa shape index (κ3) is 3.44. The molecule has 2 aliphatic rings. The van der Waals surface area contributed by atoms with E-state index in [1.165, 1.54) is 25.7 Å². The first kappa shape index (κ1) is 11.4. The second-order valence-electron chi connectivity index (χ2n) is 4.85. The highest BCUT2D eigenvalue weighted by Gasteiger charge is 2.33. The maximum absolute atomic E-state index is 5.34. The fraction of sp³-hybridized carbons (Fsp3) is 1.00. The molecule has 88 valence electrons. The summed E-state index contributed by atoms with van der Waals surface area (Å²) in [5.41, 5.74) is 0. The van der Waals surface area contributed by atoms with Crippen LogP contribution >= 0.6 is 0 Å². The van der Waals surface area contributed by atoms with Crippen molar-refractivity contribution in [1.29, 1.82) is 0 Å². The molecule has 0 saturated heterocycles. The van der Waals surface area contributed by atoms with Gasteiger partial charge in [-0.1, -0.05) is 6.92 Å². The van der Waals surface area contributed by atoms with Gasteiger partial charge in [-0.25, -0.2) is 0 Å². The lowest BCUT2D eigenvalue weighted by Gasteiger charge is -2.30. The average Bonchev–Trinajstić information content (AvgIpc) is 3.08. The van der Waals surface area contributed by atoms with E-state index in [1.54, 1.807) is 0 Å². The normalized spacial score (nSPS) is 23.4. The Hall–Kier alpha value is -0.120. The molecule has 15 heavy (non-hydrogen) atoms. The summed E-state index contributed by atoms with van der Waals surface area (Å²) in [6.45, 7) is 5.38. The summed E-state index contributed by atoms with van der Waals surface area (Å²) in [6.07, 6.45) is 5.51. The summed E-state index contributed by atoms with van der Waals surface area (Å²) in [5.74, 6) is 0. The molecule has 0 aromatic heterocycles. The highest BCUT2D eigenvalue weighted by Crippen LogP contribution is 2.28. The summed E-state index contributed by atoms with van der Waals surface area (Å²) < 4.78 is 5.34.